The third-order valence-electron chi connectivity index (χ3n) is 6.17. The summed E-state index contributed by atoms with van der Waals surface area (Å²) in [6.45, 7) is 5.13. The van der Waals surface area contributed by atoms with E-state index in [1.54, 1.807) is 23.1 Å². The Morgan fingerprint density at radius 1 is 0.857 bits per heavy atom. The van der Waals surface area contributed by atoms with Gasteiger partial charge in [0, 0.05) is 35.7 Å². The monoisotopic (exact) mass is 491 g/mol. The summed E-state index contributed by atoms with van der Waals surface area (Å²) in [6.07, 6.45) is 0.708. The van der Waals surface area contributed by atoms with Crippen LogP contribution in [-0.2, 0) is 11.2 Å². The number of hydrogen-bond donors (Lipinski definition) is 1. The van der Waals surface area contributed by atoms with Crippen LogP contribution in [0.25, 0.3) is 11.1 Å². The number of carboxylic acid groups (broad SMARTS) is 1. The fourth-order valence-electron chi connectivity index (χ4n) is 4.04. The Bertz CT molecular complexity index is 1170. The average molecular weight is 492 g/mol. The van der Waals surface area contributed by atoms with E-state index >= 15 is 0 Å². The lowest BCUT2D eigenvalue weighted by molar-refractivity contribution is -0.141. The van der Waals surface area contributed by atoms with Crippen molar-refractivity contribution in [1.29, 1.82) is 0 Å². The topological polar surface area (TPSA) is 74.7 Å². The predicted molar refractivity (Wildman–Crippen MR) is 139 cm³/mol. The van der Waals surface area contributed by atoms with Crippen LogP contribution in [0.15, 0.2) is 72.8 Å². The molecule has 3 aromatic carbocycles. The van der Waals surface area contributed by atoms with Crippen molar-refractivity contribution in [3.8, 4) is 11.1 Å². The quantitative estimate of drug-likeness (QED) is 0.315. The van der Waals surface area contributed by atoms with Crippen LogP contribution in [0.3, 0.4) is 0 Å². The molecule has 0 saturated heterocycles. The number of hydrogen-bond acceptors (Lipinski definition) is 3. The highest BCUT2D eigenvalue weighted by molar-refractivity contribution is 6.30. The van der Waals surface area contributed by atoms with Gasteiger partial charge in [0.1, 0.15) is 0 Å². The smallest absolute Gasteiger partial charge is 0.306 e. The van der Waals surface area contributed by atoms with Crippen molar-refractivity contribution in [2.75, 3.05) is 13.1 Å². The zero-order valence-corrected chi connectivity index (χ0v) is 20.8. The number of Topliss-reactive ketones (excluding diaryl/α,β-unsaturated/α-hetero) is 1. The van der Waals surface area contributed by atoms with E-state index in [0.717, 1.165) is 16.7 Å². The summed E-state index contributed by atoms with van der Waals surface area (Å²) in [5.41, 5.74) is 3.90. The number of carboxylic acids is 1. The highest BCUT2D eigenvalue weighted by Gasteiger charge is 2.22. The molecular formula is C29H30ClNO4. The van der Waals surface area contributed by atoms with Gasteiger partial charge in [-0.2, -0.15) is 0 Å². The fourth-order valence-corrected chi connectivity index (χ4v) is 4.17. The van der Waals surface area contributed by atoms with Gasteiger partial charge >= 0.3 is 5.97 Å². The second-order valence-corrected chi connectivity index (χ2v) is 8.90. The van der Waals surface area contributed by atoms with Gasteiger partial charge < -0.3 is 10.0 Å². The Balaban J connectivity index is 1.64. The molecule has 5 nitrogen and oxygen atoms in total. The Labute approximate surface area is 211 Å². The van der Waals surface area contributed by atoms with Crippen molar-refractivity contribution in [1.82, 2.24) is 4.90 Å². The maximum atomic E-state index is 12.8. The Morgan fingerprint density at radius 3 is 2.03 bits per heavy atom. The number of amides is 1. The summed E-state index contributed by atoms with van der Waals surface area (Å²) in [4.78, 5) is 39.1. The molecule has 0 fully saturated rings. The molecule has 3 aromatic rings. The summed E-state index contributed by atoms with van der Waals surface area (Å²) in [5, 5.41) is 10.4. The second kappa shape index (κ2) is 12.3. The number of ketones is 1. The minimum absolute atomic E-state index is 0.0381. The molecule has 1 unspecified atom stereocenters. The van der Waals surface area contributed by atoms with E-state index in [2.05, 4.69) is 0 Å². The summed E-state index contributed by atoms with van der Waals surface area (Å²) >= 11 is 5.94. The second-order valence-electron chi connectivity index (χ2n) is 8.46. The third kappa shape index (κ3) is 7.03. The number of aryl methyl sites for hydroxylation is 1. The molecule has 0 aliphatic rings. The van der Waals surface area contributed by atoms with Crippen LogP contribution >= 0.6 is 11.6 Å². The average Bonchev–Trinajstić information content (AvgIpc) is 2.87. The lowest BCUT2D eigenvalue weighted by Crippen LogP contribution is -2.30. The maximum Gasteiger partial charge on any atom is 0.306 e. The maximum absolute atomic E-state index is 12.8. The molecule has 0 heterocycles. The highest BCUT2D eigenvalue weighted by Crippen LogP contribution is 2.23. The molecule has 0 saturated carbocycles. The van der Waals surface area contributed by atoms with E-state index in [-0.39, 0.29) is 18.1 Å². The van der Waals surface area contributed by atoms with E-state index in [1.165, 1.54) is 0 Å². The van der Waals surface area contributed by atoms with E-state index < -0.39 is 11.9 Å². The molecule has 1 N–H and O–H groups in total. The first-order chi connectivity index (χ1) is 16.8. The van der Waals surface area contributed by atoms with Crippen LogP contribution < -0.4 is 0 Å². The van der Waals surface area contributed by atoms with Crippen LogP contribution in [-0.4, -0.2) is 40.8 Å². The van der Waals surface area contributed by atoms with Gasteiger partial charge in [0.25, 0.3) is 5.91 Å². The van der Waals surface area contributed by atoms with Gasteiger partial charge in [0.15, 0.2) is 5.78 Å². The number of benzene rings is 3. The molecular weight excluding hydrogens is 462 g/mol. The largest absolute Gasteiger partial charge is 0.481 e. The minimum atomic E-state index is -0.994. The van der Waals surface area contributed by atoms with Crippen LogP contribution in [0.1, 0.15) is 53.0 Å². The third-order valence-corrected chi connectivity index (χ3v) is 6.42. The zero-order valence-electron chi connectivity index (χ0n) is 20.0. The number of carbonyl (C=O) groups is 3. The van der Waals surface area contributed by atoms with Gasteiger partial charge in [-0.15, -0.1) is 0 Å². The minimum Gasteiger partial charge on any atom is -0.481 e. The molecule has 35 heavy (non-hydrogen) atoms. The normalized spacial score (nSPS) is 11.6. The Hall–Kier alpha value is -3.44. The summed E-state index contributed by atoms with van der Waals surface area (Å²) in [6, 6.07) is 21.9. The Morgan fingerprint density at radius 2 is 1.46 bits per heavy atom. The number of nitrogens with zero attached hydrogens (tertiary/aromatic N) is 1. The lowest BCUT2D eigenvalue weighted by Gasteiger charge is -2.19. The van der Waals surface area contributed by atoms with Gasteiger partial charge in [0.2, 0.25) is 0 Å². The van der Waals surface area contributed by atoms with Crippen LogP contribution in [0.5, 0.6) is 0 Å². The molecule has 1 atom stereocenters. The van der Waals surface area contributed by atoms with E-state index in [1.807, 2.05) is 68.4 Å². The van der Waals surface area contributed by atoms with Gasteiger partial charge in [-0.05, 0) is 67.6 Å². The predicted octanol–water partition coefficient (Wildman–Crippen LogP) is 6.40. The number of carbonyl (C=O) groups excluding carboxylic acids is 2. The van der Waals surface area contributed by atoms with Gasteiger partial charge in [-0.25, -0.2) is 0 Å². The molecule has 0 bridgehead atoms. The molecule has 0 aromatic heterocycles. The van der Waals surface area contributed by atoms with Gasteiger partial charge in [-0.3, -0.25) is 14.4 Å². The van der Waals surface area contributed by atoms with Gasteiger partial charge in [-0.1, -0.05) is 60.1 Å². The van der Waals surface area contributed by atoms with Crippen molar-refractivity contribution in [2.45, 2.75) is 33.1 Å². The van der Waals surface area contributed by atoms with Crippen molar-refractivity contribution in [3.05, 3.63) is 94.5 Å². The molecule has 0 aliphatic carbocycles. The van der Waals surface area contributed by atoms with Gasteiger partial charge in [0.05, 0.1) is 5.92 Å². The Kier molecular flexibility index (Phi) is 9.21. The van der Waals surface area contributed by atoms with E-state index in [4.69, 9.17) is 11.6 Å². The molecule has 6 heteroatoms. The van der Waals surface area contributed by atoms with E-state index in [9.17, 15) is 19.5 Å². The van der Waals surface area contributed by atoms with E-state index in [0.29, 0.717) is 42.1 Å². The molecule has 0 aliphatic heterocycles. The number of halogens is 1. The first-order valence-electron chi connectivity index (χ1n) is 11.8. The molecule has 0 radical (unpaired) electrons. The molecule has 3 rings (SSSR count). The van der Waals surface area contributed by atoms with Crippen molar-refractivity contribution >= 4 is 29.3 Å². The molecule has 1 amide bonds. The fraction of sp³-hybridized carbons (Fsp3) is 0.276. The van der Waals surface area contributed by atoms with Crippen molar-refractivity contribution in [2.24, 2.45) is 5.92 Å². The van der Waals surface area contributed by atoms with Crippen molar-refractivity contribution in [3.63, 3.8) is 0 Å². The summed E-state index contributed by atoms with van der Waals surface area (Å²) < 4.78 is 0. The van der Waals surface area contributed by atoms with Crippen LogP contribution in [0.4, 0.5) is 0 Å². The molecule has 182 valence electrons. The SMILES string of the molecule is CCN(CC)C(=O)c1cccc(CCC(CC(=O)c2ccc(-c3ccc(Cl)cc3)cc2)C(=O)O)c1. The van der Waals surface area contributed by atoms with Crippen LogP contribution in [0, 0.1) is 5.92 Å². The van der Waals surface area contributed by atoms with Crippen molar-refractivity contribution < 1.29 is 19.5 Å². The lowest BCUT2D eigenvalue weighted by atomic mass is 9.91. The molecule has 0 spiro atoms. The summed E-state index contributed by atoms with van der Waals surface area (Å²) in [7, 11) is 0. The van der Waals surface area contributed by atoms with Crippen LogP contribution in [0.2, 0.25) is 5.02 Å². The standard InChI is InChI=1S/C29H30ClNO4/c1-3-31(4-2)28(33)24-7-5-6-20(18-24)8-9-25(29(34)35)19-27(32)23-12-10-21(11-13-23)22-14-16-26(30)17-15-22/h5-7,10-18,25H,3-4,8-9,19H2,1-2H3,(H,34,35). The first kappa shape index (κ1) is 26.2. The first-order valence-corrected chi connectivity index (χ1v) is 12.2. The zero-order chi connectivity index (χ0) is 25.4. The number of aliphatic carboxylic acids is 1. The highest BCUT2D eigenvalue weighted by atomic mass is 35.5. The summed E-state index contributed by atoms with van der Waals surface area (Å²) in [5.74, 6) is -2.04. The number of rotatable bonds is 11.